The summed E-state index contributed by atoms with van der Waals surface area (Å²) in [4.78, 5) is 4.23. The maximum absolute atomic E-state index is 5.02. The smallest absolute Gasteiger partial charge is 0.214 e. The molecule has 1 rings (SSSR count). The van der Waals surface area contributed by atoms with Gasteiger partial charge in [-0.3, -0.25) is 0 Å². The van der Waals surface area contributed by atoms with Gasteiger partial charge in [-0.15, -0.1) is 0 Å². The molecular formula is C11H16N2O. The van der Waals surface area contributed by atoms with Gasteiger partial charge in [0.25, 0.3) is 0 Å². The lowest BCUT2D eigenvalue weighted by atomic mass is 10.3. The molecule has 1 aromatic rings. The van der Waals surface area contributed by atoms with Gasteiger partial charge < -0.3 is 10.1 Å². The highest BCUT2D eigenvalue weighted by Gasteiger charge is 1.94. The average molecular weight is 192 g/mol. The van der Waals surface area contributed by atoms with Crippen LogP contribution < -0.4 is 10.1 Å². The summed E-state index contributed by atoms with van der Waals surface area (Å²) in [5, 5.41) is 3.21. The molecule has 0 unspecified atom stereocenters. The summed E-state index contributed by atoms with van der Waals surface area (Å²) < 4.78 is 5.02. The molecule has 0 aliphatic heterocycles. The van der Waals surface area contributed by atoms with Crippen molar-refractivity contribution in [2.45, 2.75) is 13.3 Å². The molecule has 76 valence electrons. The Morgan fingerprint density at radius 2 is 2.36 bits per heavy atom. The van der Waals surface area contributed by atoms with Crippen LogP contribution in [0.4, 0.5) is 5.82 Å². The van der Waals surface area contributed by atoms with Crippen molar-refractivity contribution in [2.24, 2.45) is 0 Å². The summed E-state index contributed by atoms with van der Waals surface area (Å²) in [6.07, 6.45) is 5.17. The maximum atomic E-state index is 5.02. The predicted molar refractivity (Wildman–Crippen MR) is 58.7 cm³/mol. The SMILES string of the molecule is C/C=C/CCNc1cccc(OC)n1. The van der Waals surface area contributed by atoms with Gasteiger partial charge in [0.1, 0.15) is 5.82 Å². The van der Waals surface area contributed by atoms with Crippen molar-refractivity contribution in [3.05, 3.63) is 30.4 Å². The normalized spacial score (nSPS) is 10.4. The fraction of sp³-hybridized carbons (Fsp3) is 0.364. The summed E-state index contributed by atoms with van der Waals surface area (Å²) in [6.45, 7) is 2.91. The fourth-order valence-electron chi connectivity index (χ4n) is 1.08. The van der Waals surface area contributed by atoms with Crippen molar-refractivity contribution in [1.82, 2.24) is 4.98 Å². The zero-order valence-electron chi connectivity index (χ0n) is 8.66. The molecule has 0 saturated carbocycles. The lowest BCUT2D eigenvalue weighted by molar-refractivity contribution is 0.398. The summed E-state index contributed by atoms with van der Waals surface area (Å²) in [7, 11) is 1.62. The van der Waals surface area contributed by atoms with Gasteiger partial charge >= 0.3 is 0 Å². The molecule has 0 atom stereocenters. The topological polar surface area (TPSA) is 34.1 Å². The van der Waals surface area contributed by atoms with Crippen LogP contribution in [0.5, 0.6) is 5.88 Å². The highest BCUT2D eigenvalue weighted by molar-refractivity contribution is 5.36. The molecule has 1 heterocycles. The largest absolute Gasteiger partial charge is 0.481 e. The molecule has 0 saturated heterocycles. The minimum atomic E-state index is 0.640. The Morgan fingerprint density at radius 3 is 3.07 bits per heavy atom. The van der Waals surface area contributed by atoms with Crippen LogP contribution in [0.15, 0.2) is 30.4 Å². The fourth-order valence-corrected chi connectivity index (χ4v) is 1.08. The standard InChI is InChI=1S/C11H16N2O/c1-3-4-5-9-12-10-7-6-8-11(13-10)14-2/h3-4,6-8H,5,9H2,1-2H3,(H,12,13)/b4-3+. The van der Waals surface area contributed by atoms with Crippen molar-refractivity contribution in [2.75, 3.05) is 19.0 Å². The van der Waals surface area contributed by atoms with E-state index in [-0.39, 0.29) is 0 Å². The quantitative estimate of drug-likeness (QED) is 0.575. The number of hydrogen-bond donors (Lipinski definition) is 1. The van der Waals surface area contributed by atoms with Gasteiger partial charge in [0.2, 0.25) is 5.88 Å². The first-order valence-electron chi connectivity index (χ1n) is 4.73. The third-order valence-corrected chi connectivity index (χ3v) is 1.79. The Bertz CT molecular complexity index is 297. The number of rotatable bonds is 5. The van der Waals surface area contributed by atoms with Gasteiger partial charge in [-0.2, -0.15) is 4.98 Å². The van der Waals surface area contributed by atoms with E-state index in [9.17, 15) is 0 Å². The Hall–Kier alpha value is -1.51. The maximum Gasteiger partial charge on any atom is 0.214 e. The zero-order valence-corrected chi connectivity index (χ0v) is 8.66. The number of methoxy groups -OCH3 is 1. The predicted octanol–water partition coefficient (Wildman–Crippen LogP) is 2.47. The Labute approximate surface area is 84.8 Å². The average Bonchev–Trinajstić information content (AvgIpc) is 2.25. The van der Waals surface area contributed by atoms with Crippen molar-refractivity contribution >= 4 is 5.82 Å². The van der Waals surface area contributed by atoms with Crippen LogP contribution in [-0.4, -0.2) is 18.6 Å². The van der Waals surface area contributed by atoms with Crippen molar-refractivity contribution < 1.29 is 4.74 Å². The summed E-state index contributed by atoms with van der Waals surface area (Å²) >= 11 is 0. The minimum absolute atomic E-state index is 0.640. The molecule has 0 bridgehead atoms. The Morgan fingerprint density at radius 1 is 1.50 bits per heavy atom. The van der Waals surface area contributed by atoms with Crippen LogP contribution in [0, 0.1) is 0 Å². The van der Waals surface area contributed by atoms with Gasteiger partial charge in [-0.25, -0.2) is 0 Å². The number of hydrogen-bond acceptors (Lipinski definition) is 3. The van der Waals surface area contributed by atoms with Crippen LogP contribution in [0.25, 0.3) is 0 Å². The van der Waals surface area contributed by atoms with Crippen LogP contribution in [0.3, 0.4) is 0 Å². The van der Waals surface area contributed by atoms with Gasteiger partial charge in [-0.05, 0) is 19.4 Å². The second kappa shape index (κ2) is 6.02. The monoisotopic (exact) mass is 192 g/mol. The summed E-state index contributed by atoms with van der Waals surface area (Å²) in [5.74, 6) is 1.50. The lowest BCUT2D eigenvalue weighted by Gasteiger charge is -2.04. The highest BCUT2D eigenvalue weighted by atomic mass is 16.5. The zero-order chi connectivity index (χ0) is 10.2. The molecule has 3 nitrogen and oxygen atoms in total. The molecule has 1 aromatic heterocycles. The van der Waals surface area contributed by atoms with E-state index in [1.165, 1.54) is 0 Å². The van der Waals surface area contributed by atoms with Gasteiger partial charge in [-0.1, -0.05) is 18.2 Å². The van der Waals surface area contributed by atoms with E-state index < -0.39 is 0 Å². The molecule has 14 heavy (non-hydrogen) atoms. The van der Waals surface area contributed by atoms with E-state index in [2.05, 4.69) is 16.4 Å². The molecule has 0 spiro atoms. The second-order valence-corrected chi connectivity index (χ2v) is 2.85. The molecular weight excluding hydrogens is 176 g/mol. The minimum Gasteiger partial charge on any atom is -0.481 e. The van der Waals surface area contributed by atoms with Gasteiger partial charge in [0.05, 0.1) is 7.11 Å². The molecule has 0 fully saturated rings. The number of allylic oxidation sites excluding steroid dienone is 1. The Balaban J connectivity index is 2.42. The molecule has 0 amide bonds. The van der Waals surface area contributed by atoms with E-state index in [4.69, 9.17) is 4.74 Å². The van der Waals surface area contributed by atoms with E-state index in [1.807, 2.05) is 31.2 Å². The molecule has 0 radical (unpaired) electrons. The molecule has 0 aromatic carbocycles. The number of anilines is 1. The number of aromatic nitrogens is 1. The molecule has 0 aliphatic rings. The van der Waals surface area contributed by atoms with E-state index in [1.54, 1.807) is 7.11 Å². The van der Waals surface area contributed by atoms with Crippen LogP contribution in [0.1, 0.15) is 13.3 Å². The molecule has 0 aliphatic carbocycles. The molecule has 3 heteroatoms. The van der Waals surface area contributed by atoms with Gasteiger partial charge in [0.15, 0.2) is 0 Å². The van der Waals surface area contributed by atoms with E-state index >= 15 is 0 Å². The van der Waals surface area contributed by atoms with Crippen molar-refractivity contribution in [1.29, 1.82) is 0 Å². The first-order valence-corrected chi connectivity index (χ1v) is 4.73. The van der Waals surface area contributed by atoms with Gasteiger partial charge in [0, 0.05) is 12.6 Å². The summed E-state index contributed by atoms with van der Waals surface area (Å²) in [6, 6.07) is 5.68. The molecule has 1 N–H and O–H groups in total. The van der Waals surface area contributed by atoms with Crippen LogP contribution in [0.2, 0.25) is 0 Å². The van der Waals surface area contributed by atoms with E-state index in [0.717, 1.165) is 18.8 Å². The number of nitrogens with one attached hydrogen (secondary N) is 1. The first-order chi connectivity index (χ1) is 6.86. The number of ether oxygens (including phenoxy) is 1. The highest BCUT2D eigenvalue weighted by Crippen LogP contribution is 2.10. The number of pyridine rings is 1. The van der Waals surface area contributed by atoms with Crippen LogP contribution in [-0.2, 0) is 0 Å². The number of nitrogens with zero attached hydrogens (tertiary/aromatic N) is 1. The van der Waals surface area contributed by atoms with Crippen molar-refractivity contribution in [3.63, 3.8) is 0 Å². The van der Waals surface area contributed by atoms with E-state index in [0.29, 0.717) is 5.88 Å². The lowest BCUT2D eigenvalue weighted by Crippen LogP contribution is -2.02. The third kappa shape index (κ3) is 3.47. The summed E-state index contributed by atoms with van der Waals surface area (Å²) in [5.41, 5.74) is 0. The first kappa shape index (κ1) is 10.6. The second-order valence-electron chi connectivity index (χ2n) is 2.85. The Kier molecular flexibility index (Phi) is 4.55. The third-order valence-electron chi connectivity index (χ3n) is 1.79. The van der Waals surface area contributed by atoms with Crippen molar-refractivity contribution in [3.8, 4) is 5.88 Å². The van der Waals surface area contributed by atoms with Crippen LogP contribution >= 0.6 is 0 Å².